The fraction of sp³-hybridized carbons (Fsp3) is 0.529. The molecular weight excluding hydrogens is 282 g/mol. The van der Waals surface area contributed by atoms with E-state index in [2.05, 4.69) is 25.8 Å². The lowest BCUT2D eigenvalue weighted by Crippen LogP contribution is -2.26. The molecule has 0 unspecified atom stereocenters. The average Bonchev–Trinajstić information content (AvgIpc) is 2.45. The lowest BCUT2D eigenvalue weighted by atomic mass is 9.85. The van der Waals surface area contributed by atoms with Crippen LogP contribution in [0.1, 0.15) is 39.2 Å². The standard InChI is InChI=1S/C17H23NO2S/c1-17(2,3)15(13-7-5-4-6-8-13)18-16(19)20-14-9-11-21-12-10-14/h4-8,14H,9-12H2,1-3H3/b18-15+. The molecule has 1 amide bonds. The van der Waals surface area contributed by atoms with Crippen LogP contribution in [0.2, 0.25) is 0 Å². The van der Waals surface area contributed by atoms with Gasteiger partial charge in [-0.1, -0.05) is 51.1 Å². The van der Waals surface area contributed by atoms with Crippen LogP contribution < -0.4 is 0 Å². The Morgan fingerprint density at radius 1 is 1.19 bits per heavy atom. The Bertz CT molecular complexity index is 499. The van der Waals surface area contributed by atoms with Crippen molar-refractivity contribution in [1.82, 2.24) is 0 Å². The molecule has 0 saturated carbocycles. The largest absolute Gasteiger partial charge is 0.445 e. The highest BCUT2D eigenvalue weighted by Crippen LogP contribution is 2.24. The zero-order valence-corrected chi connectivity index (χ0v) is 13.8. The van der Waals surface area contributed by atoms with Gasteiger partial charge in [-0.3, -0.25) is 0 Å². The molecule has 1 fully saturated rings. The van der Waals surface area contributed by atoms with E-state index in [4.69, 9.17) is 4.74 Å². The zero-order chi connectivity index (χ0) is 15.3. The van der Waals surface area contributed by atoms with Crippen LogP contribution in [0.15, 0.2) is 35.3 Å². The van der Waals surface area contributed by atoms with Gasteiger partial charge in [0, 0.05) is 5.41 Å². The topological polar surface area (TPSA) is 38.7 Å². The molecule has 0 atom stereocenters. The van der Waals surface area contributed by atoms with Gasteiger partial charge in [0.15, 0.2) is 0 Å². The van der Waals surface area contributed by atoms with Crippen LogP contribution in [-0.4, -0.2) is 29.4 Å². The summed E-state index contributed by atoms with van der Waals surface area (Å²) in [6, 6.07) is 9.84. The summed E-state index contributed by atoms with van der Waals surface area (Å²) in [6.45, 7) is 6.18. The fourth-order valence-corrected chi connectivity index (χ4v) is 3.38. The molecular formula is C17H23NO2S. The van der Waals surface area contributed by atoms with Gasteiger partial charge in [0.1, 0.15) is 6.10 Å². The third-order valence-corrected chi connectivity index (χ3v) is 4.45. The summed E-state index contributed by atoms with van der Waals surface area (Å²) in [5.74, 6) is 2.12. The van der Waals surface area contributed by atoms with Crippen molar-refractivity contribution in [1.29, 1.82) is 0 Å². The van der Waals surface area contributed by atoms with Gasteiger partial charge in [0.25, 0.3) is 0 Å². The number of hydrogen-bond acceptors (Lipinski definition) is 3. The Morgan fingerprint density at radius 2 is 1.81 bits per heavy atom. The molecule has 1 heterocycles. The monoisotopic (exact) mass is 305 g/mol. The van der Waals surface area contributed by atoms with Crippen molar-refractivity contribution in [3.8, 4) is 0 Å². The first-order valence-corrected chi connectivity index (χ1v) is 8.55. The molecule has 0 bridgehead atoms. The van der Waals surface area contributed by atoms with Crippen molar-refractivity contribution in [2.24, 2.45) is 10.4 Å². The predicted octanol–water partition coefficient (Wildman–Crippen LogP) is 4.55. The molecule has 2 rings (SSSR count). The van der Waals surface area contributed by atoms with Crippen LogP contribution in [0, 0.1) is 5.41 Å². The van der Waals surface area contributed by atoms with Gasteiger partial charge in [-0.2, -0.15) is 16.8 Å². The summed E-state index contributed by atoms with van der Waals surface area (Å²) in [6.07, 6.45) is 1.43. The molecule has 0 aliphatic carbocycles. The smallest absolute Gasteiger partial charge is 0.434 e. The third-order valence-electron chi connectivity index (χ3n) is 3.40. The molecule has 4 heteroatoms. The Hall–Kier alpha value is -1.29. The average molecular weight is 305 g/mol. The van der Waals surface area contributed by atoms with Gasteiger partial charge in [-0.15, -0.1) is 0 Å². The number of carbonyl (C=O) groups excluding carboxylic acids is 1. The molecule has 1 aliphatic heterocycles. The van der Waals surface area contributed by atoms with Gasteiger partial charge in [0.05, 0.1) is 5.71 Å². The summed E-state index contributed by atoms with van der Waals surface area (Å²) in [4.78, 5) is 16.4. The highest BCUT2D eigenvalue weighted by molar-refractivity contribution is 7.99. The second kappa shape index (κ2) is 7.12. The van der Waals surface area contributed by atoms with E-state index in [-0.39, 0.29) is 11.5 Å². The highest BCUT2D eigenvalue weighted by Gasteiger charge is 2.24. The number of hydrogen-bond donors (Lipinski definition) is 0. The summed E-state index contributed by atoms with van der Waals surface area (Å²) < 4.78 is 5.50. The van der Waals surface area contributed by atoms with E-state index in [1.807, 2.05) is 42.1 Å². The van der Waals surface area contributed by atoms with Gasteiger partial charge >= 0.3 is 6.09 Å². The maximum Gasteiger partial charge on any atom is 0.434 e. The summed E-state index contributed by atoms with van der Waals surface area (Å²) in [5, 5.41) is 0. The summed E-state index contributed by atoms with van der Waals surface area (Å²) >= 11 is 1.91. The van der Waals surface area contributed by atoms with Crippen molar-refractivity contribution in [3.05, 3.63) is 35.9 Å². The fourth-order valence-electron chi connectivity index (χ4n) is 2.32. The van der Waals surface area contributed by atoms with E-state index in [0.717, 1.165) is 35.6 Å². The maximum atomic E-state index is 12.1. The first-order chi connectivity index (χ1) is 9.97. The van der Waals surface area contributed by atoms with E-state index in [1.165, 1.54) is 0 Å². The molecule has 1 saturated heterocycles. The number of nitrogens with zero attached hydrogens (tertiary/aromatic N) is 1. The predicted molar refractivity (Wildman–Crippen MR) is 89.3 cm³/mol. The van der Waals surface area contributed by atoms with Crippen LogP contribution in [-0.2, 0) is 4.74 Å². The molecule has 1 aliphatic rings. The SMILES string of the molecule is CC(C)(C)/C(=N/C(=O)OC1CCSCC1)c1ccccc1. The number of benzene rings is 1. The molecule has 3 nitrogen and oxygen atoms in total. The Labute approximate surface area is 131 Å². The first kappa shape index (κ1) is 16.1. The van der Waals surface area contributed by atoms with Crippen molar-refractivity contribution in [2.75, 3.05) is 11.5 Å². The van der Waals surface area contributed by atoms with Crippen LogP contribution in [0.3, 0.4) is 0 Å². The number of rotatable bonds is 2. The molecule has 0 N–H and O–H groups in total. The second-order valence-corrected chi connectivity index (χ2v) is 7.50. The van der Waals surface area contributed by atoms with E-state index >= 15 is 0 Å². The molecule has 0 radical (unpaired) electrons. The summed E-state index contributed by atoms with van der Waals surface area (Å²) in [7, 11) is 0. The van der Waals surface area contributed by atoms with Crippen LogP contribution in [0.5, 0.6) is 0 Å². The van der Waals surface area contributed by atoms with Gasteiger partial charge in [-0.25, -0.2) is 4.79 Å². The summed E-state index contributed by atoms with van der Waals surface area (Å²) in [5.41, 5.74) is 1.54. The van der Waals surface area contributed by atoms with E-state index in [0.29, 0.717) is 0 Å². The molecule has 21 heavy (non-hydrogen) atoms. The number of carbonyl (C=O) groups is 1. The quantitative estimate of drug-likeness (QED) is 0.752. The van der Waals surface area contributed by atoms with E-state index in [9.17, 15) is 4.79 Å². The van der Waals surface area contributed by atoms with Crippen molar-refractivity contribution in [3.63, 3.8) is 0 Å². The van der Waals surface area contributed by atoms with E-state index in [1.54, 1.807) is 0 Å². The van der Waals surface area contributed by atoms with Gasteiger partial charge in [0.2, 0.25) is 0 Å². The Balaban J connectivity index is 2.14. The molecule has 114 valence electrons. The third kappa shape index (κ3) is 4.88. The number of aliphatic imine (C=N–C) groups is 1. The Morgan fingerprint density at radius 3 is 2.38 bits per heavy atom. The molecule has 1 aromatic rings. The minimum Gasteiger partial charge on any atom is -0.445 e. The second-order valence-electron chi connectivity index (χ2n) is 6.27. The first-order valence-electron chi connectivity index (χ1n) is 7.40. The molecule has 0 spiro atoms. The Kier molecular flexibility index (Phi) is 5.45. The number of thioether (sulfide) groups is 1. The minimum absolute atomic E-state index is 0.0273. The number of amides is 1. The van der Waals surface area contributed by atoms with Crippen LogP contribution >= 0.6 is 11.8 Å². The van der Waals surface area contributed by atoms with Crippen LogP contribution in [0.25, 0.3) is 0 Å². The lowest BCUT2D eigenvalue weighted by Gasteiger charge is -2.23. The highest BCUT2D eigenvalue weighted by atomic mass is 32.2. The molecule has 1 aromatic carbocycles. The van der Waals surface area contributed by atoms with Crippen LogP contribution in [0.4, 0.5) is 4.79 Å². The van der Waals surface area contributed by atoms with Crippen molar-refractivity contribution < 1.29 is 9.53 Å². The van der Waals surface area contributed by atoms with Gasteiger partial charge in [-0.05, 0) is 29.9 Å². The zero-order valence-electron chi connectivity index (χ0n) is 13.0. The number of ether oxygens (including phenoxy) is 1. The normalized spacial score (nSPS) is 17.6. The lowest BCUT2D eigenvalue weighted by molar-refractivity contribution is 0.102. The van der Waals surface area contributed by atoms with Crippen molar-refractivity contribution >= 4 is 23.6 Å². The minimum atomic E-state index is -0.458. The molecule has 0 aromatic heterocycles. The van der Waals surface area contributed by atoms with Gasteiger partial charge < -0.3 is 4.74 Å². The van der Waals surface area contributed by atoms with Crippen molar-refractivity contribution in [2.45, 2.75) is 39.7 Å². The maximum absolute atomic E-state index is 12.1. The van der Waals surface area contributed by atoms with E-state index < -0.39 is 6.09 Å².